The molecule has 0 saturated heterocycles. The van der Waals surface area contributed by atoms with Crippen molar-refractivity contribution in [2.45, 2.75) is 37.5 Å². The lowest BCUT2D eigenvalue weighted by molar-refractivity contribution is 0.469. The van der Waals surface area contributed by atoms with Crippen LogP contribution < -0.4 is 0 Å². The van der Waals surface area contributed by atoms with Gasteiger partial charge in [0, 0.05) is 9.79 Å². The number of benzene rings is 2. The quantitative estimate of drug-likeness (QED) is 0.848. The molecule has 2 rings (SSSR count). The number of hydrogen-bond donors (Lipinski definition) is 2. The molecule has 3 heteroatoms. The van der Waals surface area contributed by atoms with E-state index >= 15 is 0 Å². The Morgan fingerprint density at radius 1 is 0.632 bits per heavy atom. The van der Waals surface area contributed by atoms with Crippen molar-refractivity contribution in [3.8, 4) is 11.5 Å². The first-order chi connectivity index (χ1) is 8.91. The summed E-state index contributed by atoms with van der Waals surface area (Å²) in [6.07, 6.45) is 0. The summed E-state index contributed by atoms with van der Waals surface area (Å²) in [7, 11) is 0. The summed E-state index contributed by atoms with van der Waals surface area (Å²) < 4.78 is 0. The molecule has 100 valence electrons. The number of phenols is 2. The predicted molar refractivity (Wildman–Crippen MR) is 79.3 cm³/mol. The van der Waals surface area contributed by atoms with Crippen molar-refractivity contribution in [2.75, 3.05) is 0 Å². The Hall–Kier alpha value is -1.61. The van der Waals surface area contributed by atoms with E-state index in [2.05, 4.69) is 0 Å². The third-order valence-electron chi connectivity index (χ3n) is 3.64. The zero-order valence-corrected chi connectivity index (χ0v) is 12.4. The molecule has 0 saturated carbocycles. The highest BCUT2D eigenvalue weighted by Crippen LogP contribution is 2.38. The Bertz CT molecular complexity index is 578. The number of hydrogen-bond acceptors (Lipinski definition) is 3. The lowest BCUT2D eigenvalue weighted by Gasteiger charge is -2.13. The highest BCUT2D eigenvalue weighted by molar-refractivity contribution is 7.99. The van der Waals surface area contributed by atoms with Gasteiger partial charge in [-0.3, -0.25) is 0 Å². The van der Waals surface area contributed by atoms with Gasteiger partial charge in [0.15, 0.2) is 0 Å². The molecule has 0 unspecified atom stereocenters. The van der Waals surface area contributed by atoms with E-state index < -0.39 is 0 Å². The maximum absolute atomic E-state index is 9.68. The van der Waals surface area contributed by atoms with Crippen LogP contribution in [0.2, 0.25) is 0 Å². The Labute approximate surface area is 118 Å². The van der Waals surface area contributed by atoms with E-state index in [9.17, 15) is 10.2 Å². The zero-order chi connectivity index (χ0) is 14.2. The smallest absolute Gasteiger partial charge is 0.118 e. The molecule has 0 fully saturated rings. The molecule has 2 aromatic rings. The van der Waals surface area contributed by atoms with E-state index in [1.54, 1.807) is 23.9 Å². The molecule has 2 N–H and O–H groups in total. The van der Waals surface area contributed by atoms with Crippen molar-refractivity contribution in [3.05, 3.63) is 46.5 Å². The standard InChI is InChI=1S/C16H18O2S/c1-9-11(3)15(7-5-13(9)17)19-16-8-6-14(18)10(2)12(16)4/h5-8,17-18H,1-4H3. The van der Waals surface area contributed by atoms with E-state index in [1.807, 2.05) is 39.8 Å². The Morgan fingerprint density at radius 3 is 1.37 bits per heavy atom. The minimum atomic E-state index is 0.334. The average molecular weight is 274 g/mol. The topological polar surface area (TPSA) is 40.5 Å². The van der Waals surface area contributed by atoms with E-state index in [0.717, 1.165) is 32.0 Å². The molecule has 0 aliphatic carbocycles. The van der Waals surface area contributed by atoms with Gasteiger partial charge >= 0.3 is 0 Å². The second-order valence-electron chi connectivity index (χ2n) is 4.77. The van der Waals surface area contributed by atoms with E-state index in [4.69, 9.17) is 0 Å². The van der Waals surface area contributed by atoms with Crippen LogP contribution in [-0.4, -0.2) is 10.2 Å². The maximum atomic E-state index is 9.68. The highest BCUT2D eigenvalue weighted by Gasteiger charge is 2.10. The van der Waals surface area contributed by atoms with Crippen molar-refractivity contribution in [1.29, 1.82) is 0 Å². The third kappa shape index (κ3) is 2.56. The molecule has 2 nitrogen and oxygen atoms in total. The normalized spacial score (nSPS) is 10.7. The largest absolute Gasteiger partial charge is 0.508 e. The molecule has 19 heavy (non-hydrogen) atoms. The molecule has 0 atom stereocenters. The molecule has 0 amide bonds. The summed E-state index contributed by atoms with van der Waals surface area (Å²) in [5.74, 6) is 0.668. The minimum Gasteiger partial charge on any atom is -0.508 e. The van der Waals surface area contributed by atoms with Crippen molar-refractivity contribution >= 4 is 11.8 Å². The fraction of sp³-hybridized carbons (Fsp3) is 0.250. The molecule has 0 spiro atoms. The Kier molecular flexibility index (Phi) is 3.76. The molecule has 2 aromatic carbocycles. The van der Waals surface area contributed by atoms with Crippen molar-refractivity contribution in [3.63, 3.8) is 0 Å². The maximum Gasteiger partial charge on any atom is 0.118 e. The molecule has 0 aliphatic rings. The average Bonchev–Trinajstić information content (AvgIpc) is 2.39. The fourth-order valence-corrected chi connectivity index (χ4v) is 3.02. The van der Waals surface area contributed by atoms with Crippen LogP contribution in [0.1, 0.15) is 22.3 Å². The third-order valence-corrected chi connectivity index (χ3v) is 4.96. The second kappa shape index (κ2) is 5.17. The van der Waals surface area contributed by atoms with Crippen LogP contribution in [0.25, 0.3) is 0 Å². The first-order valence-corrected chi connectivity index (χ1v) is 6.99. The van der Waals surface area contributed by atoms with Gasteiger partial charge in [-0.05, 0) is 74.2 Å². The van der Waals surface area contributed by atoms with Crippen LogP contribution in [0.5, 0.6) is 11.5 Å². The highest BCUT2D eigenvalue weighted by atomic mass is 32.2. The van der Waals surface area contributed by atoms with Crippen LogP contribution in [-0.2, 0) is 0 Å². The van der Waals surface area contributed by atoms with Crippen molar-refractivity contribution < 1.29 is 10.2 Å². The van der Waals surface area contributed by atoms with Crippen molar-refractivity contribution in [1.82, 2.24) is 0 Å². The summed E-state index contributed by atoms with van der Waals surface area (Å²) in [5.41, 5.74) is 4.02. The van der Waals surface area contributed by atoms with Crippen LogP contribution in [0, 0.1) is 27.7 Å². The van der Waals surface area contributed by atoms with Gasteiger partial charge in [-0.25, -0.2) is 0 Å². The summed E-state index contributed by atoms with van der Waals surface area (Å²) in [4.78, 5) is 2.26. The molecule has 0 aliphatic heterocycles. The fourth-order valence-electron chi connectivity index (χ4n) is 1.90. The van der Waals surface area contributed by atoms with Gasteiger partial charge in [-0.1, -0.05) is 11.8 Å². The van der Waals surface area contributed by atoms with Crippen molar-refractivity contribution in [2.24, 2.45) is 0 Å². The summed E-state index contributed by atoms with van der Waals surface area (Å²) in [6, 6.07) is 7.33. The van der Waals surface area contributed by atoms with Crippen LogP contribution in [0.15, 0.2) is 34.1 Å². The SMILES string of the molecule is Cc1c(O)ccc(Sc2ccc(O)c(C)c2C)c1C. The number of aromatic hydroxyl groups is 2. The minimum absolute atomic E-state index is 0.334. The monoisotopic (exact) mass is 274 g/mol. The van der Waals surface area contributed by atoms with Crippen LogP contribution in [0.3, 0.4) is 0 Å². The van der Waals surface area contributed by atoms with Gasteiger partial charge in [0.25, 0.3) is 0 Å². The lowest BCUT2D eigenvalue weighted by Crippen LogP contribution is -1.89. The van der Waals surface area contributed by atoms with E-state index in [0.29, 0.717) is 11.5 Å². The molecule has 0 bridgehead atoms. The van der Waals surface area contributed by atoms with Crippen LogP contribution in [0.4, 0.5) is 0 Å². The Morgan fingerprint density at radius 2 is 1.00 bits per heavy atom. The number of phenolic OH excluding ortho intramolecular Hbond substituents is 2. The van der Waals surface area contributed by atoms with E-state index in [-0.39, 0.29) is 0 Å². The Balaban J connectivity index is 2.43. The van der Waals surface area contributed by atoms with Crippen LogP contribution >= 0.6 is 11.8 Å². The summed E-state index contributed by atoms with van der Waals surface area (Å²) in [6.45, 7) is 7.87. The molecular formula is C16H18O2S. The first kappa shape index (κ1) is 13.8. The lowest BCUT2D eigenvalue weighted by atomic mass is 10.1. The van der Waals surface area contributed by atoms with Gasteiger partial charge in [0.05, 0.1) is 0 Å². The first-order valence-electron chi connectivity index (χ1n) is 6.18. The van der Waals surface area contributed by atoms with Gasteiger partial charge in [0.2, 0.25) is 0 Å². The van der Waals surface area contributed by atoms with Gasteiger partial charge < -0.3 is 10.2 Å². The van der Waals surface area contributed by atoms with Gasteiger partial charge in [0.1, 0.15) is 11.5 Å². The second-order valence-corrected chi connectivity index (χ2v) is 5.85. The molecule has 0 aromatic heterocycles. The molecule has 0 heterocycles. The van der Waals surface area contributed by atoms with Gasteiger partial charge in [-0.2, -0.15) is 0 Å². The summed E-state index contributed by atoms with van der Waals surface area (Å²) in [5, 5.41) is 19.4. The predicted octanol–water partition coefficient (Wildman–Crippen LogP) is 4.48. The summed E-state index contributed by atoms with van der Waals surface area (Å²) >= 11 is 1.66. The number of rotatable bonds is 2. The van der Waals surface area contributed by atoms with Gasteiger partial charge in [-0.15, -0.1) is 0 Å². The zero-order valence-electron chi connectivity index (χ0n) is 11.6. The molecular weight excluding hydrogens is 256 g/mol. The van der Waals surface area contributed by atoms with E-state index in [1.165, 1.54) is 0 Å². The molecule has 0 radical (unpaired) electrons.